The molecule has 1 unspecified atom stereocenters. The number of carboxylic acid groups (broad SMARTS) is 1. The Balaban J connectivity index is 0. The molecule has 0 saturated carbocycles. The Hall–Kier alpha value is -0.0861. The van der Waals surface area contributed by atoms with Gasteiger partial charge in [0.25, 0.3) is 0 Å². The topological polar surface area (TPSA) is 66.4 Å². The minimum Gasteiger partial charge on any atom is -0.480 e. The zero-order valence-electron chi connectivity index (χ0n) is 6.50. The number of nitrogens with one attached hydrogen (secondary N) is 1. The molecule has 61 valence electrons. The van der Waals surface area contributed by atoms with E-state index >= 15 is 0 Å². The normalized spacial score (nSPS) is 10.7. The van der Waals surface area contributed by atoms with Crippen LogP contribution in [0.15, 0.2) is 0 Å². The first kappa shape index (κ1) is 13.5. The van der Waals surface area contributed by atoms with Gasteiger partial charge in [0.05, 0.1) is 5.91 Å². The van der Waals surface area contributed by atoms with Gasteiger partial charge in [-0.15, -0.1) is 0 Å². The molecule has 1 amide bonds. The third-order valence-corrected chi connectivity index (χ3v) is 0.991. The Bertz CT molecular complexity index is 149. The van der Waals surface area contributed by atoms with Crippen molar-refractivity contribution in [3.63, 3.8) is 0 Å². The van der Waals surface area contributed by atoms with Crippen LogP contribution in [0.25, 0.3) is 0 Å². The van der Waals surface area contributed by atoms with Gasteiger partial charge in [-0.3, -0.25) is 4.79 Å². The van der Waals surface area contributed by atoms with Crippen LogP contribution in [0.3, 0.4) is 0 Å². The van der Waals surface area contributed by atoms with E-state index in [0.29, 0.717) is 0 Å². The summed E-state index contributed by atoms with van der Waals surface area (Å²) in [5.74, 6) is -1.40. The minimum absolute atomic E-state index is 0. The fourth-order valence-corrected chi connectivity index (χ4v) is 0.358. The van der Waals surface area contributed by atoms with Gasteiger partial charge in [-0.1, -0.05) is 0 Å². The summed E-state index contributed by atoms with van der Waals surface area (Å²) in [4.78, 5) is 20.6. The molecule has 0 spiro atoms. The van der Waals surface area contributed by atoms with E-state index in [0.717, 1.165) is 0 Å². The summed E-state index contributed by atoms with van der Waals surface area (Å²) >= 11 is 0. The van der Waals surface area contributed by atoms with E-state index < -0.39 is 12.0 Å². The molecule has 0 fully saturated rings. The van der Waals surface area contributed by atoms with Crippen molar-refractivity contribution in [2.45, 2.75) is 19.9 Å². The third kappa shape index (κ3) is 6.32. The van der Waals surface area contributed by atoms with Crippen molar-refractivity contribution in [3.8, 4) is 0 Å². The Morgan fingerprint density at radius 2 is 2.00 bits per heavy atom. The van der Waals surface area contributed by atoms with E-state index in [1.165, 1.54) is 13.3 Å². The number of rotatable bonds is 3. The van der Waals surface area contributed by atoms with Crippen molar-refractivity contribution in [1.29, 1.82) is 0 Å². The van der Waals surface area contributed by atoms with Gasteiger partial charge in [0, 0.05) is 32.7 Å². The van der Waals surface area contributed by atoms with Gasteiger partial charge in [0.2, 0.25) is 0 Å². The smallest absolute Gasteiger partial charge is 0.325 e. The molecule has 0 saturated heterocycles. The maximum atomic E-state index is 10.5. The average molecular weight is 233 g/mol. The van der Waals surface area contributed by atoms with Crippen LogP contribution in [0.1, 0.15) is 13.8 Å². The number of carboxylic acids is 1. The van der Waals surface area contributed by atoms with Gasteiger partial charge in [-0.05, 0) is 6.92 Å². The summed E-state index contributed by atoms with van der Waals surface area (Å²) < 4.78 is 0. The quantitative estimate of drug-likeness (QED) is 0.663. The Morgan fingerprint density at radius 1 is 1.55 bits per heavy atom. The van der Waals surface area contributed by atoms with E-state index in [9.17, 15) is 9.59 Å². The Kier molecular flexibility index (Phi) is 8.12. The van der Waals surface area contributed by atoms with Crippen LogP contribution < -0.4 is 5.32 Å². The SMILES string of the molecule is C[CH-]C(=O)NC(C)C(=O)O.[Y]. The Labute approximate surface area is 90.6 Å². The second-order valence-corrected chi connectivity index (χ2v) is 1.86. The molecular formula is C6H10NO3Y-. The van der Waals surface area contributed by atoms with Gasteiger partial charge in [0.1, 0.15) is 6.04 Å². The van der Waals surface area contributed by atoms with E-state index in [1.807, 2.05) is 0 Å². The number of hydrogen-bond acceptors (Lipinski definition) is 2. The Morgan fingerprint density at radius 3 is 2.27 bits per heavy atom. The molecule has 0 aliphatic carbocycles. The molecule has 0 aliphatic heterocycles. The number of amides is 1. The van der Waals surface area contributed by atoms with Crippen LogP contribution in [-0.2, 0) is 42.3 Å². The fraction of sp³-hybridized carbons (Fsp3) is 0.500. The van der Waals surface area contributed by atoms with E-state index in [4.69, 9.17) is 5.11 Å². The minimum atomic E-state index is -1.03. The number of aliphatic carboxylic acids is 1. The van der Waals surface area contributed by atoms with E-state index in [2.05, 4.69) is 5.32 Å². The molecule has 0 bridgehead atoms. The first-order valence-electron chi connectivity index (χ1n) is 2.90. The van der Waals surface area contributed by atoms with Crippen molar-refractivity contribution in [3.05, 3.63) is 6.42 Å². The van der Waals surface area contributed by atoms with Crippen LogP contribution >= 0.6 is 0 Å². The standard InChI is InChI=1S/C6H10NO3.Y/c1-3-5(8)7-4(2)6(9)10;/h3-4H,1-2H3,(H,7,8)(H,9,10);/q-1;. The first-order valence-corrected chi connectivity index (χ1v) is 2.90. The summed E-state index contributed by atoms with van der Waals surface area (Å²) in [6, 6.07) is -0.816. The molecule has 0 aromatic rings. The molecule has 0 aromatic carbocycles. The van der Waals surface area contributed by atoms with Gasteiger partial charge in [-0.25, -0.2) is 0 Å². The predicted octanol–water partition coefficient (Wildman–Crippen LogP) is -0.203. The summed E-state index contributed by atoms with van der Waals surface area (Å²) in [6.07, 6.45) is 1.28. The molecule has 4 nitrogen and oxygen atoms in total. The molecule has 0 heterocycles. The van der Waals surface area contributed by atoms with Crippen molar-refractivity contribution in [2.24, 2.45) is 0 Å². The number of carbonyl (C=O) groups is 2. The van der Waals surface area contributed by atoms with Crippen molar-refractivity contribution < 1.29 is 47.4 Å². The molecule has 0 aliphatic rings. The maximum absolute atomic E-state index is 10.5. The van der Waals surface area contributed by atoms with Crippen LogP contribution in [0.4, 0.5) is 0 Å². The zero-order chi connectivity index (χ0) is 8.15. The maximum Gasteiger partial charge on any atom is 0.325 e. The summed E-state index contributed by atoms with van der Waals surface area (Å²) in [5, 5.41) is 10.5. The fourth-order valence-electron chi connectivity index (χ4n) is 0.358. The van der Waals surface area contributed by atoms with Gasteiger partial charge in [-0.2, -0.15) is 6.92 Å². The van der Waals surface area contributed by atoms with Crippen LogP contribution in [0, 0.1) is 6.42 Å². The molecule has 0 aromatic heterocycles. The molecule has 5 heteroatoms. The van der Waals surface area contributed by atoms with Crippen molar-refractivity contribution in [1.82, 2.24) is 5.32 Å². The number of carbonyl (C=O) groups excluding carboxylic acids is 1. The second kappa shape index (κ2) is 6.61. The molecule has 2 N–H and O–H groups in total. The summed E-state index contributed by atoms with van der Waals surface area (Å²) in [7, 11) is 0. The predicted molar refractivity (Wildman–Crippen MR) is 35.2 cm³/mol. The van der Waals surface area contributed by atoms with Crippen molar-refractivity contribution >= 4 is 11.9 Å². The second-order valence-electron chi connectivity index (χ2n) is 1.86. The van der Waals surface area contributed by atoms with E-state index in [1.54, 1.807) is 6.92 Å². The van der Waals surface area contributed by atoms with Gasteiger partial charge < -0.3 is 21.6 Å². The monoisotopic (exact) mass is 233 g/mol. The molecule has 1 radical (unpaired) electrons. The van der Waals surface area contributed by atoms with E-state index in [-0.39, 0.29) is 38.6 Å². The molecule has 11 heavy (non-hydrogen) atoms. The first-order chi connectivity index (χ1) is 4.57. The molecule has 0 rings (SSSR count). The van der Waals surface area contributed by atoms with Crippen LogP contribution in [-0.4, -0.2) is 23.0 Å². The number of hydrogen-bond donors (Lipinski definition) is 2. The summed E-state index contributed by atoms with van der Waals surface area (Å²) in [5.41, 5.74) is 0. The zero-order valence-corrected chi connectivity index (χ0v) is 9.33. The largest absolute Gasteiger partial charge is 0.480 e. The van der Waals surface area contributed by atoms with Crippen LogP contribution in [0.2, 0.25) is 0 Å². The summed E-state index contributed by atoms with van der Waals surface area (Å²) in [6.45, 7) is 2.95. The van der Waals surface area contributed by atoms with Crippen LogP contribution in [0.5, 0.6) is 0 Å². The molecule has 1 atom stereocenters. The van der Waals surface area contributed by atoms with Crippen molar-refractivity contribution in [2.75, 3.05) is 0 Å². The van der Waals surface area contributed by atoms with Gasteiger partial charge in [0.15, 0.2) is 0 Å². The average Bonchev–Trinajstić information content (AvgIpc) is 1.87. The third-order valence-electron chi connectivity index (χ3n) is 0.991. The molecular weight excluding hydrogens is 223 g/mol. The van der Waals surface area contributed by atoms with Gasteiger partial charge >= 0.3 is 5.97 Å².